The first-order valence-electron chi connectivity index (χ1n) is 4.49. The molecule has 106 valence electrons. The van der Waals surface area contributed by atoms with E-state index in [-0.39, 0.29) is 6.07 Å². The van der Waals surface area contributed by atoms with Crippen LogP contribution in [0, 0.1) is 10.1 Å². The fourth-order valence-corrected chi connectivity index (χ4v) is 1.90. The Morgan fingerprint density at radius 2 is 1.95 bits per heavy atom. The number of non-ortho nitro benzene ring substituents is 1. The summed E-state index contributed by atoms with van der Waals surface area (Å²) in [6, 6.07) is 1.65. The first-order chi connectivity index (χ1) is 8.57. The van der Waals surface area contributed by atoms with Crippen molar-refractivity contribution in [3.8, 4) is 0 Å². The van der Waals surface area contributed by atoms with E-state index in [1.54, 1.807) is 4.72 Å². The average molecular weight is 319 g/mol. The second-order valence-electron chi connectivity index (χ2n) is 3.31. The van der Waals surface area contributed by atoms with E-state index in [9.17, 15) is 31.7 Å². The number of hydrogen-bond acceptors (Lipinski definition) is 4. The Morgan fingerprint density at radius 1 is 1.37 bits per heavy atom. The summed E-state index contributed by atoms with van der Waals surface area (Å²) in [4.78, 5) is 9.39. The van der Waals surface area contributed by atoms with E-state index in [2.05, 4.69) is 0 Å². The van der Waals surface area contributed by atoms with Crippen LogP contribution >= 0.6 is 11.6 Å². The Morgan fingerprint density at radius 3 is 2.37 bits per heavy atom. The van der Waals surface area contributed by atoms with Gasteiger partial charge in [0.05, 0.1) is 16.2 Å². The maximum Gasteiger partial charge on any atom is 0.418 e. The van der Waals surface area contributed by atoms with Crippen molar-refractivity contribution in [1.29, 1.82) is 0 Å². The number of rotatable bonds is 4. The van der Waals surface area contributed by atoms with Crippen LogP contribution in [0.25, 0.3) is 0 Å². The molecule has 0 atom stereocenters. The molecule has 0 aliphatic rings. The number of alkyl halides is 4. The maximum atomic E-state index is 12.7. The zero-order valence-electron chi connectivity index (χ0n) is 8.94. The van der Waals surface area contributed by atoms with Crippen molar-refractivity contribution in [3.63, 3.8) is 0 Å². The van der Waals surface area contributed by atoms with E-state index in [0.29, 0.717) is 6.07 Å². The molecule has 0 aliphatic heterocycles. The number of nitrogens with one attached hydrogen (secondary N) is 1. The predicted octanol–water partition coefficient (Wildman–Crippen LogP) is 2.55. The minimum atomic E-state index is -4.95. The molecule has 19 heavy (non-hydrogen) atoms. The van der Waals surface area contributed by atoms with Gasteiger partial charge < -0.3 is 0 Å². The van der Waals surface area contributed by atoms with Crippen LogP contribution in [0.15, 0.2) is 18.2 Å². The summed E-state index contributed by atoms with van der Waals surface area (Å²) in [5.74, 6) is 0. The van der Waals surface area contributed by atoms with E-state index >= 15 is 0 Å². The Labute approximate surface area is 110 Å². The molecule has 0 spiro atoms. The average Bonchev–Trinajstić information content (AvgIpc) is 2.27. The van der Waals surface area contributed by atoms with Crippen molar-refractivity contribution >= 4 is 33.0 Å². The number of anilines is 1. The summed E-state index contributed by atoms with van der Waals surface area (Å²) in [6.45, 7) is 0. The fourth-order valence-electron chi connectivity index (χ4n) is 1.16. The van der Waals surface area contributed by atoms with Gasteiger partial charge in [-0.2, -0.15) is 13.2 Å². The van der Waals surface area contributed by atoms with Crippen LogP contribution in [0.3, 0.4) is 0 Å². The monoisotopic (exact) mass is 318 g/mol. The predicted molar refractivity (Wildman–Crippen MR) is 61.4 cm³/mol. The molecule has 1 aromatic carbocycles. The van der Waals surface area contributed by atoms with E-state index < -0.39 is 43.3 Å². The number of hydrogen-bond donors (Lipinski definition) is 1. The van der Waals surface area contributed by atoms with Crippen LogP contribution in [0.4, 0.5) is 24.5 Å². The third kappa shape index (κ3) is 3.96. The molecule has 0 bridgehead atoms. The van der Waals surface area contributed by atoms with E-state index in [0.717, 1.165) is 6.07 Å². The molecule has 0 fully saturated rings. The normalized spacial score (nSPS) is 12.2. The van der Waals surface area contributed by atoms with Gasteiger partial charge in [0.1, 0.15) is 5.21 Å². The van der Waals surface area contributed by atoms with Gasteiger partial charge in [-0.1, -0.05) is 0 Å². The van der Waals surface area contributed by atoms with Gasteiger partial charge >= 0.3 is 6.18 Å². The lowest BCUT2D eigenvalue weighted by Gasteiger charge is -2.13. The highest BCUT2D eigenvalue weighted by Crippen LogP contribution is 2.37. The molecule has 0 aromatic heterocycles. The molecule has 6 nitrogen and oxygen atoms in total. The van der Waals surface area contributed by atoms with Gasteiger partial charge in [0, 0.05) is 12.1 Å². The lowest BCUT2D eigenvalue weighted by Crippen LogP contribution is -2.17. The van der Waals surface area contributed by atoms with E-state index in [4.69, 9.17) is 11.6 Å². The maximum absolute atomic E-state index is 12.7. The minimum absolute atomic E-state index is 0.242. The molecule has 1 rings (SSSR count). The van der Waals surface area contributed by atoms with Gasteiger partial charge in [-0.05, 0) is 6.07 Å². The standard InChI is InChI=1S/C8H6ClF3N2O4S/c9-4-19(17,18)13-7-2-1-5(14(15)16)3-6(7)8(10,11)12/h1-3,13H,4H2. The number of sulfonamides is 1. The molecule has 0 heterocycles. The molecule has 0 aliphatic carbocycles. The van der Waals surface area contributed by atoms with Crippen LogP contribution in [0.1, 0.15) is 5.56 Å². The summed E-state index contributed by atoms with van der Waals surface area (Å²) >= 11 is 5.05. The largest absolute Gasteiger partial charge is 0.418 e. The number of halogens is 4. The molecule has 0 radical (unpaired) electrons. The van der Waals surface area contributed by atoms with Crippen molar-refractivity contribution in [2.45, 2.75) is 6.18 Å². The van der Waals surface area contributed by atoms with Gasteiger partial charge in [-0.25, -0.2) is 8.42 Å². The fraction of sp³-hybridized carbons (Fsp3) is 0.250. The van der Waals surface area contributed by atoms with Gasteiger partial charge in [0.15, 0.2) is 0 Å². The smallest absolute Gasteiger partial charge is 0.282 e. The Bertz CT molecular complexity index is 603. The first kappa shape index (κ1) is 15.5. The van der Waals surface area contributed by atoms with Gasteiger partial charge in [0.25, 0.3) is 5.69 Å². The lowest BCUT2D eigenvalue weighted by molar-refractivity contribution is -0.385. The van der Waals surface area contributed by atoms with Crippen molar-refractivity contribution in [2.24, 2.45) is 0 Å². The lowest BCUT2D eigenvalue weighted by atomic mass is 10.1. The van der Waals surface area contributed by atoms with Crippen molar-refractivity contribution in [1.82, 2.24) is 0 Å². The molecule has 0 saturated heterocycles. The third-order valence-electron chi connectivity index (χ3n) is 1.93. The Balaban J connectivity index is 3.37. The number of benzene rings is 1. The highest BCUT2D eigenvalue weighted by molar-refractivity contribution is 7.93. The molecule has 0 saturated carbocycles. The molecular formula is C8H6ClF3N2O4S. The molecule has 1 N–H and O–H groups in total. The number of nitrogens with zero attached hydrogens (tertiary/aromatic N) is 1. The van der Waals surface area contributed by atoms with E-state index in [1.807, 2.05) is 0 Å². The minimum Gasteiger partial charge on any atom is -0.282 e. The topological polar surface area (TPSA) is 89.3 Å². The SMILES string of the molecule is O=[N+]([O-])c1ccc(NS(=O)(=O)CCl)c(C(F)(F)F)c1. The van der Waals surface area contributed by atoms with Crippen LogP contribution < -0.4 is 4.72 Å². The molecule has 1 aromatic rings. The quantitative estimate of drug-likeness (QED) is 0.525. The van der Waals surface area contributed by atoms with E-state index in [1.165, 1.54) is 0 Å². The third-order valence-corrected chi connectivity index (χ3v) is 3.61. The highest BCUT2D eigenvalue weighted by atomic mass is 35.5. The second-order valence-corrected chi connectivity index (χ2v) is 5.62. The second kappa shape index (κ2) is 5.21. The molecular weight excluding hydrogens is 313 g/mol. The zero-order valence-corrected chi connectivity index (χ0v) is 10.5. The summed E-state index contributed by atoms with van der Waals surface area (Å²) in [5, 5.41) is 9.47. The highest BCUT2D eigenvalue weighted by Gasteiger charge is 2.36. The summed E-state index contributed by atoms with van der Waals surface area (Å²) < 4.78 is 61.9. The Hall–Kier alpha value is -1.55. The molecule has 0 amide bonds. The van der Waals surface area contributed by atoms with Crippen LogP contribution in [-0.2, 0) is 16.2 Å². The number of nitro groups is 1. The number of nitro benzene ring substituents is 1. The molecule has 11 heteroatoms. The van der Waals surface area contributed by atoms with Gasteiger partial charge in [-0.15, -0.1) is 11.6 Å². The molecule has 0 unspecified atom stereocenters. The first-order valence-corrected chi connectivity index (χ1v) is 6.67. The zero-order chi connectivity index (χ0) is 14.8. The summed E-state index contributed by atoms with van der Waals surface area (Å²) in [5.41, 5.74) is -3.09. The van der Waals surface area contributed by atoms with Crippen LogP contribution in [-0.4, -0.2) is 18.6 Å². The van der Waals surface area contributed by atoms with Gasteiger partial charge in [-0.3, -0.25) is 14.8 Å². The van der Waals surface area contributed by atoms with Crippen molar-refractivity contribution in [3.05, 3.63) is 33.9 Å². The Kier molecular flexibility index (Phi) is 4.25. The summed E-state index contributed by atoms with van der Waals surface area (Å²) in [6.07, 6.45) is -4.95. The van der Waals surface area contributed by atoms with Crippen molar-refractivity contribution in [2.75, 3.05) is 9.93 Å². The van der Waals surface area contributed by atoms with Gasteiger partial charge in [0.2, 0.25) is 10.0 Å². The van der Waals surface area contributed by atoms with Crippen molar-refractivity contribution < 1.29 is 26.5 Å². The van der Waals surface area contributed by atoms with Crippen LogP contribution in [0.2, 0.25) is 0 Å². The van der Waals surface area contributed by atoms with Crippen LogP contribution in [0.5, 0.6) is 0 Å². The summed E-state index contributed by atoms with van der Waals surface area (Å²) in [7, 11) is -4.14.